The summed E-state index contributed by atoms with van der Waals surface area (Å²) in [4.78, 5) is 37.4. The van der Waals surface area contributed by atoms with Crippen LogP contribution in [0.1, 0.15) is 217 Å². The van der Waals surface area contributed by atoms with Crippen LogP contribution in [0, 0.1) is 105 Å². The SMILES string of the molecule is CC[C@H]1[C@@H](O)[C@@H]2[C@H](CC[C@]3(C)[C@@H]([C@H](C)COC(=O)NS(=O)(=O)c4ccc5c(c4)CCC(C)(C)O5)CC[C@@H]23)[C@@]2(C)CC[C@@H](O)C[C@@H]12.CC[C@H]1[C@@H](O)[C@@H]2[C@H](CC[C@]3(C)[C@@H]([C@H](C)COC(=O)NS(=O)(=O)c4ccc5c(c4)CCC(C)(C)O5)CC[C@@H]23)[C@@]2(C)CC[C@H](OC(C)=O)C[C@@H]12. The van der Waals surface area contributed by atoms with Crippen molar-refractivity contribution in [3.63, 3.8) is 0 Å². The second-order valence-electron chi connectivity index (χ2n) is 33.4. The van der Waals surface area contributed by atoms with Crippen LogP contribution in [0.25, 0.3) is 0 Å². The topological polar surface area (TPSA) is 250 Å². The van der Waals surface area contributed by atoms with E-state index in [0.29, 0.717) is 71.7 Å². The van der Waals surface area contributed by atoms with Crippen LogP contribution in [-0.4, -0.2) is 99.1 Å². The molecule has 0 bridgehead atoms. The van der Waals surface area contributed by atoms with Crippen LogP contribution in [0.15, 0.2) is 46.2 Å². The number of carbonyl (C=O) groups excluding carboxylic acids is 3. The lowest BCUT2D eigenvalue weighted by molar-refractivity contribution is -0.207. The molecule has 8 aliphatic carbocycles. The Morgan fingerprint density at radius 1 is 0.538 bits per heavy atom. The summed E-state index contributed by atoms with van der Waals surface area (Å²) in [6.07, 6.45) is 15.7. The second kappa shape index (κ2) is 25.9. The number of fused-ring (bicyclic) bond motifs is 12. The van der Waals surface area contributed by atoms with Gasteiger partial charge in [-0.2, -0.15) is 0 Å². The Balaban J connectivity index is 0.000000191. The molecule has 19 heteroatoms. The smallest absolute Gasteiger partial charge is 0.421 e. The molecule has 5 N–H and O–H groups in total. The number of aliphatic hydroxyl groups excluding tert-OH is 3. The van der Waals surface area contributed by atoms with Gasteiger partial charge in [0.25, 0.3) is 20.0 Å². The van der Waals surface area contributed by atoms with E-state index in [0.717, 1.165) is 127 Å². The summed E-state index contributed by atoms with van der Waals surface area (Å²) in [5.41, 5.74) is 1.33. The third kappa shape index (κ3) is 13.1. The van der Waals surface area contributed by atoms with E-state index < -0.39 is 32.2 Å². The zero-order valence-electron chi connectivity index (χ0n) is 58.0. The van der Waals surface area contributed by atoms with Crippen LogP contribution in [0.2, 0.25) is 0 Å². The first-order valence-corrected chi connectivity index (χ1v) is 38.8. The standard InChI is InChI=1S/C38H57NO8S.C36H55NO7S/c1-8-27-31-20-25(46-23(3)40)14-17-38(31,7)30-15-18-37(6)28(10-11-29(37)33(30)34(27)41)22(2)21-45-35(42)39-48(43,44)26-9-12-32-24(19-26)13-16-36(4,5)47-32;1-7-25-29-19-23(38)13-16-36(29,6)28-14-17-35(5)26(9-10-27(35)31(28)32(25)39)21(2)20-43-33(40)37-45(41,42)24-8-11-30-22(18-24)12-15-34(3,4)44-30/h9,12,19,22,25,27-31,33-34,41H,8,10-11,13-18,20-21H2,1-7H3,(H,39,42);8,11,18,21,23,25-29,31-32,38-39H,7,9-10,12-17,19-20H2,1-6H3,(H,37,40)/t22-,25+,27-,28-,29+,30+,31+,33+,34-,37-,38-;21-,23-,25-,26-,27+,28+,29+,31+,32-,35-,36-/m11/s1. The van der Waals surface area contributed by atoms with Gasteiger partial charge in [0.05, 0.1) is 41.3 Å². The minimum Gasteiger partial charge on any atom is -0.488 e. The number of rotatable bonds is 13. The van der Waals surface area contributed by atoms with Crippen LogP contribution >= 0.6 is 0 Å². The molecular weight excluding hydrogens is 1220 g/mol. The molecule has 2 heterocycles. The number of nitrogens with one attached hydrogen (secondary N) is 2. The highest BCUT2D eigenvalue weighted by Crippen LogP contribution is 2.71. The lowest BCUT2D eigenvalue weighted by Gasteiger charge is -2.64. The Hall–Kier alpha value is -4.17. The van der Waals surface area contributed by atoms with E-state index >= 15 is 0 Å². The zero-order valence-corrected chi connectivity index (χ0v) is 59.6. The lowest BCUT2D eigenvalue weighted by atomic mass is 9.41. The number of esters is 1. The molecule has 17 nitrogen and oxygen atoms in total. The minimum absolute atomic E-state index is 0.00365. The van der Waals surface area contributed by atoms with Crippen molar-refractivity contribution in [2.75, 3.05) is 13.2 Å². The quantitative estimate of drug-likeness (QED) is 0.0924. The van der Waals surface area contributed by atoms with E-state index in [1.165, 1.54) is 19.1 Å². The maximum atomic E-state index is 13.1. The zero-order chi connectivity index (χ0) is 67.3. The van der Waals surface area contributed by atoms with Crippen LogP contribution in [-0.2, 0) is 51.9 Å². The summed E-state index contributed by atoms with van der Waals surface area (Å²) < 4.78 is 85.4. The van der Waals surface area contributed by atoms with Gasteiger partial charge in [0.2, 0.25) is 0 Å². The fraction of sp³-hybridized carbons (Fsp3) is 0.797. The van der Waals surface area contributed by atoms with Crippen molar-refractivity contribution in [2.45, 2.75) is 264 Å². The van der Waals surface area contributed by atoms with E-state index in [4.69, 9.17) is 23.7 Å². The average molecular weight is 1330 g/mol. The van der Waals surface area contributed by atoms with E-state index in [-0.39, 0.29) is 122 Å². The summed E-state index contributed by atoms with van der Waals surface area (Å²) >= 11 is 0. The molecule has 0 radical (unpaired) electrons. The molecule has 12 rings (SSSR count). The highest BCUT2D eigenvalue weighted by atomic mass is 32.2. The third-order valence-corrected chi connectivity index (χ3v) is 30.1. The molecule has 0 unspecified atom stereocenters. The number of hydrogen-bond donors (Lipinski definition) is 5. The number of aryl methyl sites for hydroxylation is 2. The largest absolute Gasteiger partial charge is 0.488 e. The molecule has 520 valence electrons. The number of sulfonamides is 2. The van der Waals surface area contributed by atoms with Gasteiger partial charge in [-0.3, -0.25) is 4.79 Å². The molecule has 0 spiro atoms. The molecule has 2 aromatic carbocycles. The molecule has 0 saturated heterocycles. The van der Waals surface area contributed by atoms with Crippen LogP contribution in [0.5, 0.6) is 11.5 Å². The van der Waals surface area contributed by atoms with Crippen LogP contribution in [0.3, 0.4) is 0 Å². The minimum atomic E-state index is -4.10. The van der Waals surface area contributed by atoms with Crippen molar-refractivity contribution in [1.82, 2.24) is 9.44 Å². The molecule has 10 aliphatic rings. The molecule has 0 aromatic heterocycles. The molecule has 2 amide bonds. The first-order valence-electron chi connectivity index (χ1n) is 35.8. The summed E-state index contributed by atoms with van der Waals surface area (Å²) in [6.45, 7) is 28.1. The number of aliphatic hydroxyl groups is 3. The molecule has 8 saturated carbocycles. The van der Waals surface area contributed by atoms with E-state index in [1.54, 1.807) is 24.3 Å². The Kier molecular flexibility index (Phi) is 19.6. The predicted molar refractivity (Wildman–Crippen MR) is 354 cm³/mol. The van der Waals surface area contributed by atoms with Crippen LogP contribution < -0.4 is 18.9 Å². The number of hydrogen-bond acceptors (Lipinski definition) is 15. The molecule has 2 aliphatic heterocycles. The number of ether oxygens (including phenoxy) is 5. The van der Waals surface area contributed by atoms with Crippen LogP contribution in [0.4, 0.5) is 9.59 Å². The van der Waals surface area contributed by atoms with Gasteiger partial charge in [-0.1, -0.05) is 68.2 Å². The van der Waals surface area contributed by atoms with Crippen molar-refractivity contribution in [3.8, 4) is 11.5 Å². The van der Waals surface area contributed by atoms with Crippen molar-refractivity contribution in [1.29, 1.82) is 0 Å². The third-order valence-electron chi connectivity index (χ3n) is 27.5. The Morgan fingerprint density at radius 2 is 0.935 bits per heavy atom. The van der Waals surface area contributed by atoms with Crippen molar-refractivity contribution in [2.24, 2.45) is 105 Å². The Labute approximate surface area is 555 Å². The fourth-order valence-electron chi connectivity index (χ4n) is 22.8. The molecule has 2 aromatic rings. The predicted octanol–water partition coefficient (Wildman–Crippen LogP) is 13.5. The van der Waals surface area contributed by atoms with E-state index in [9.17, 15) is 46.5 Å². The van der Waals surface area contributed by atoms with Crippen molar-refractivity contribution >= 4 is 38.2 Å². The lowest BCUT2D eigenvalue weighted by Crippen LogP contribution is -2.62. The summed E-state index contributed by atoms with van der Waals surface area (Å²) in [7, 11) is -8.19. The van der Waals surface area contributed by atoms with Gasteiger partial charge in [-0.05, 0) is 295 Å². The molecule has 22 atom stereocenters. The van der Waals surface area contributed by atoms with E-state index in [1.807, 2.05) is 27.7 Å². The highest BCUT2D eigenvalue weighted by molar-refractivity contribution is 7.90. The van der Waals surface area contributed by atoms with E-state index in [2.05, 4.69) is 64.8 Å². The molecular formula is C74H112N2O15S2. The number of carbonyl (C=O) groups is 3. The summed E-state index contributed by atoms with van der Waals surface area (Å²) in [6, 6.07) is 9.41. The normalized spacial score (nSPS) is 40.0. The van der Waals surface area contributed by atoms with Gasteiger partial charge >= 0.3 is 18.2 Å². The van der Waals surface area contributed by atoms with Crippen molar-refractivity contribution in [3.05, 3.63) is 47.5 Å². The first kappa shape index (κ1) is 70.2. The maximum Gasteiger partial charge on any atom is 0.421 e. The summed E-state index contributed by atoms with van der Waals surface area (Å²) in [5.74, 6) is 5.11. The van der Waals surface area contributed by atoms with Gasteiger partial charge in [-0.25, -0.2) is 35.9 Å². The molecule has 8 fully saturated rings. The fourth-order valence-corrected chi connectivity index (χ4v) is 24.7. The van der Waals surface area contributed by atoms with Gasteiger partial charge < -0.3 is 39.0 Å². The Bertz CT molecular complexity index is 3340. The second-order valence-corrected chi connectivity index (χ2v) is 36.8. The number of amides is 2. The highest BCUT2D eigenvalue weighted by Gasteiger charge is 2.67. The monoisotopic (exact) mass is 1330 g/mol. The van der Waals surface area contributed by atoms with Gasteiger partial charge in [-0.15, -0.1) is 0 Å². The van der Waals surface area contributed by atoms with Gasteiger partial charge in [0.1, 0.15) is 28.8 Å². The first-order chi connectivity index (χ1) is 43.6. The maximum absolute atomic E-state index is 13.1. The van der Waals surface area contributed by atoms with Crippen molar-refractivity contribution < 1.29 is 70.2 Å². The average Bonchev–Trinajstić information content (AvgIpc) is 1.69. The Morgan fingerprint density at radius 3 is 1.35 bits per heavy atom. The summed E-state index contributed by atoms with van der Waals surface area (Å²) in [5, 5.41) is 34.6. The molecule has 93 heavy (non-hydrogen) atoms. The number of benzene rings is 2. The van der Waals surface area contributed by atoms with Gasteiger partial charge in [0.15, 0.2) is 0 Å². The van der Waals surface area contributed by atoms with Gasteiger partial charge in [0, 0.05) is 6.92 Å².